The summed E-state index contributed by atoms with van der Waals surface area (Å²) in [5, 5.41) is 4.07. The molecule has 0 bridgehead atoms. The van der Waals surface area contributed by atoms with Gasteiger partial charge in [0.05, 0.1) is 0 Å². The molecule has 0 unspecified atom stereocenters. The second-order valence-electron chi connectivity index (χ2n) is 8.57. The van der Waals surface area contributed by atoms with Crippen LogP contribution in [0.4, 0.5) is 0 Å². The van der Waals surface area contributed by atoms with Crippen molar-refractivity contribution in [2.75, 3.05) is 26.2 Å². The summed E-state index contributed by atoms with van der Waals surface area (Å²) in [7, 11) is 0. The molecule has 3 aliphatic rings. The standard InChI is InChI=1S/C20H25ClN2O/c1-19(2)8-7-16(17(9-19)14-3-5-15(21)6-4-14)18(24)23-12-20(13-23)10-22-11-20/h3-6,22H,7-13H2,1-2H3. The van der Waals surface area contributed by atoms with E-state index in [0.29, 0.717) is 5.41 Å². The van der Waals surface area contributed by atoms with E-state index in [-0.39, 0.29) is 11.3 Å². The first kappa shape index (κ1) is 16.2. The van der Waals surface area contributed by atoms with Gasteiger partial charge in [-0.05, 0) is 47.9 Å². The molecule has 2 saturated heterocycles. The van der Waals surface area contributed by atoms with Crippen LogP contribution >= 0.6 is 11.6 Å². The molecule has 0 saturated carbocycles. The van der Waals surface area contributed by atoms with Crippen molar-refractivity contribution in [3.05, 3.63) is 40.4 Å². The Morgan fingerprint density at radius 3 is 2.42 bits per heavy atom. The molecule has 1 aromatic rings. The third-order valence-electron chi connectivity index (χ3n) is 5.86. The Kier molecular flexibility index (Phi) is 3.77. The Balaban J connectivity index is 1.63. The van der Waals surface area contributed by atoms with E-state index < -0.39 is 0 Å². The number of allylic oxidation sites excluding steroid dienone is 1. The molecule has 1 N–H and O–H groups in total. The van der Waals surface area contributed by atoms with Crippen LogP contribution in [0.1, 0.15) is 38.7 Å². The zero-order valence-corrected chi connectivity index (χ0v) is 15.2. The van der Waals surface area contributed by atoms with Crippen LogP contribution in [0.5, 0.6) is 0 Å². The summed E-state index contributed by atoms with van der Waals surface area (Å²) in [6.07, 6.45) is 2.91. The van der Waals surface area contributed by atoms with Crippen LogP contribution in [0.3, 0.4) is 0 Å². The molecule has 128 valence electrons. The molecule has 2 aliphatic heterocycles. The number of nitrogens with zero attached hydrogens (tertiary/aromatic N) is 1. The highest BCUT2D eigenvalue weighted by atomic mass is 35.5. The smallest absolute Gasteiger partial charge is 0.250 e. The highest BCUT2D eigenvalue weighted by Gasteiger charge is 2.50. The Morgan fingerprint density at radius 2 is 1.83 bits per heavy atom. The SMILES string of the molecule is CC1(C)CCC(C(=O)N2CC3(CNC3)C2)=C(c2ccc(Cl)cc2)C1. The summed E-state index contributed by atoms with van der Waals surface area (Å²) < 4.78 is 0. The number of carbonyl (C=O) groups is 1. The van der Waals surface area contributed by atoms with Gasteiger partial charge in [-0.15, -0.1) is 0 Å². The first-order valence-corrected chi connectivity index (χ1v) is 9.23. The van der Waals surface area contributed by atoms with Crippen LogP contribution < -0.4 is 5.32 Å². The molecule has 2 fully saturated rings. The van der Waals surface area contributed by atoms with Crippen LogP contribution in [0, 0.1) is 10.8 Å². The normalized spacial score (nSPS) is 24.5. The van der Waals surface area contributed by atoms with Crippen molar-refractivity contribution >= 4 is 23.1 Å². The Labute approximate surface area is 149 Å². The summed E-state index contributed by atoms with van der Waals surface area (Å²) in [5.74, 6) is 0.257. The van der Waals surface area contributed by atoms with Gasteiger partial charge in [-0.3, -0.25) is 4.79 Å². The van der Waals surface area contributed by atoms with Gasteiger partial charge < -0.3 is 10.2 Å². The van der Waals surface area contributed by atoms with Crippen molar-refractivity contribution in [1.29, 1.82) is 0 Å². The van der Waals surface area contributed by atoms with Crippen molar-refractivity contribution in [1.82, 2.24) is 10.2 Å². The Morgan fingerprint density at radius 1 is 1.17 bits per heavy atom. The lowest BCUT2D eigenvalue weighted by atomic mass is 9.70. The number of hydrogen-bond acceptors (Lipinski definition) is 2. The minimum atomic E-state index is 0.243. The second kappa shape index (κ2) is 5.60. The number of halogens is 1. The highest BCUT2D eigenvalue weighted by molar-refractivity contribution is 6.30. The maximum atomic E-state index is 13.1. The fourth-order valence-electron chi connectivity index (χ4n) is 4.25. The van der Waals surface area contributed by atoms with E-state index in [1.165, 1.54) is 5.57 Å². The van der Waals surface area contributed by atoms with Gasteiger partial charge in [0, 0.05) is 42.2 Å². The Hall–Kier alpha value is -1.32. The van der Waals surface area contributed by atoms with Gasteiger partial charge >= 0.3 is 0 Å². The summed E-state index contributed by atoms with van der Waals surface area (Å²) in [6.45, 7) is 8.55. The van der Waals surface area contributed by atoms with Gasteiger partial charge in [0.15, 0.2) is 0 Å². The fraction of sp³-hybridized carbons (Fsp3) is 0.550. The predicted molar refractivity (Wildman–Crippen MR) is 97.9 cm³/mol. The number of carbonyl (C=O) groups excluding carboxylic acids is 1. The Bertz CT molecular complexity index is 693. The molecular formula is C20H25ClN2O. The van der Waals surface area contributed by atoms with E-state index in [1.807, 2.05) is 17.0 Å². The second-order valence-corrected chi connectivity index (χ2v) is 9.01. The van der Waals surface area contributed by atoms with Crippen molar-refractivity contribution in [3.63, 3.8) is 0 Å². The zero-order chi connectivity index (χ0) is 16.9. The molecule has 1 aliphatic carbocycles. The van der Waals surface area contributed by atoms with Gasteiger partial charge in [-0.2, -0.15) is 0 Å². The van der Waals surface area contributed by atoms with Crippen molar-refractivity contribution < 1.29 is 4.79 Å². The first-order valence-electron chi connectivity index (χ1n) is 8.86. The number of rotatable bonds is 2. The van der Waals surface area contributed by atoms with Crippen LogP contribution in [0.15, 0.2) is 29.8 Å². The van der Waals surface area contributed by atoms with Crippen molar-refractivity contribution in [2.24, 2.45) is 10.8 Å². The van der Waals surface area contributed by atoms with Crippen molar-refractivity contribution in [2.45, 2.75) is 33.1 Å². The largest absolute Gasteiger partial charge is 0.337 e. The molecule has 0 aromatic heterocycles. The van der Waals surface area contributed by atoms with Crippen LogP contribution in [-0.2, 0) is 4.79 Å². The number of likely N-dealkylation sites (tertiary alicyclic amines) is 1. The average molecular weight is 345 g/mol. The molecule has 4 heteroatoms. The molecule has 2 heterocycles. The molecular weight excluding hydrogens is 320 g/mol. The molecule has 1 aromatic carbocycles. The lowest BCUT2D eigenvalue weighted by molar-refractivity contribution is -0.142. The molecule has 4 rings (SSSR count). The van der Waals surface area contributed by atoms with E-state index in [1.54, 1.807) is 0 Å². The maximum absolute atomic E-state index is 13.1. The predicted octanol–water partition coefficient (Wildman–Crippen LogP) is 3.74. The third kappa shape index (κ3) is 2.78. The average Bonchev–Trinajstić information content (AvgIpc) is 2.44. The van der Waals surface area contributed by atoms with Gasteiger partial charge in [-0.1, -0.05) is 37.6 Å². The minimum absolute atomic E-state index is 0.243. The van der Waals surface area contributed by atoms with Gasteiger partial charge in [0.1, 0.15) is 0 Å². The quantitative estimate of drug-likeness (QED) is 0.886. The summed E-state index contributed by atoms with van der Waals surface area (Å²) in [5.41, 5.74) is 4.02. The topological polar surface area (TPSA) is 32.3 Å². The molecule has 1 amide bonds. The summed E-state index contributed by atoms with van der Waals surface area (Å²) in [4.78, 5) is 15.1. The summed E-state index contributed by atoms with van der Waals surface area (Å²) >= 11 is 6.04. The van der Waals surface area contributed by atoms with E-state index in [0.717, 1.165) is 61.6 Å². The third-order valence-corrected chi connectivity index (χ3v) is 6.11. The number of hydrogen-bond donors (Lipinski definition) is 1. The monoisotopic (exact) mass is 344 g/mol. The van der Waals surface area contributed by atoms with E-state index in [2.05, 4.69) is 31.3 Å². The summed E-state index contributed by atoms with van der Waals surface area (Å²) in [6, 6.07) is 7.96. The lowest BCUT2D eigenvalue weighted by Gasteiger charge is -2.56. The van der Waals surface area contributed by atoms with E-state index >= 15 is 0 Å². The van der Waals surface area contributed by atoms with Gasteiger partial charge in [0.2, 0.25) is 5.91 Å². The van der Waals surface area contributed by atoms with Crippen molar-refractivity contribution in [3.8, 4) is 0 Å². The molecule has 1 spiro atoms. The van der Waals surface area contributed by atoms with E-state index in [9.17, 15) is 4.79 Å². The highest BCUT2D eigenvalue weighted by Crippen LogP contribution is 2.45. The number of amides is 1. The molecule has 0 radical (unpaired) electrons. The van der Waals surface area contributed by atoms with Gasteiger partial charge in [0.25, 0.3) is 0 Å². The number of nitrogens with one attached hydrogen (secondary N) is 1. The van der Waals surface area contributed by atoms with Crippen LogP contribution in [0.2, 0.25) is 5.02 Å². The maximum Gasteiger partial charge on any atom is 0.250 e. The molecule has 24 heavy (non-hydrogen) atoms. The molecule has 3 nitrogen and oxygen atoms in total. The van der Waals surface area contributed by atoms with Crippen LogP contribution in [0.25, 0.3) is 5.57 Å². The first-order chi connectivity index (χ1) is 11.4. The van der Waals surface area contributed by atoms with Crippen LogP contribution in [-0.4, -0.2) is 37.0 Å². The lowest BCUT2D eigenvalue weighted by Crippen LogP contribution is -2.72. The molecule has 0 atom stereocenters. The fourth-order valence-corrected chi connectivity index (χ4v) is 4.38. The minimum Gasteiger partial charge on any atom is -0.337 e. The van der Waals surface area contributed by atoms with E-state index in [4.69, 9.17) is 11.6 Å². The zero-order valence-electron chi connectivity index (χ0n) is 14.5. The van der Waals surface area contributed by atoms with Gasteiger partial charge in [-0.25, -0.2) is 0 Å². The number of benzene rings is 1.